The van der Waals surface area contributed by atoms with Gasteiger partial charge >= 0.3 is 0 Å². The smallest absolute Gasteiger partial charge is 0.222 e. The van der Waals surface area contributed by atoms with Crippen LogP contribution >= 0.6 is 11.8 Å². The van der Waals surface area contributed by atoms with Gasteiger partial charge in [0.1, 0.15) is 0 Å². The number of Topliss-reactive ketones (excluding diaryl/α,β-unsaturated/α-hetero) is 1. The molecule has 72 valence electrons. The zero-order valence-electron chi connectivity index (χ0n) is 7.30. The van der Waals surface area contributed by atoms with Crippen molar-refractivity contribution < 1.29 is 14.3 Å². The summed E-state index contributed by atoms with van der Waals surface area (Å²) in [5.41, 5.74) is -0.0748. The quantitative estimate of drug-likeness (QED) is 0.659. The van der Waals surface area contributed by atoms with Gasteiger partial charge in [0.15, 0.2) is 5.56 Å². The maximum Gasteiger partial charge on any atom is 0.222 e. The van der Waals surface area contributed by atoms with Gasteiger partial charge in [0.25, 0.3) is 0 Å². The van der Waals surface area contributed by atoms with Gasteiger partial charge in [-0.1, -0.05) is 11.8 Å². The third-order valence-electron chi connectivity index (χ3n) is 1.88. The first-order chi connectivity index (χ1) is 6.31. The molecule has 0 aliphatic carbocycles. The molecular formula is C8H11NO3S. The van der Waals surface area contributed by atoms with Crippen molar-refractivity contribution in [2.75, 3.05) is 13.2 Å². The van der Waals surface area contributed by atoms with Crippen molar-refractivity contribution in [1.29, 1.82) is 0 Å². The van der Waals surface area contributed by atoms with E-state index in [-0.39, 0.29) is 11.3 Å². The fourth-order valence-corrected chi connectivity index (χ4v) is 2.11. The fraction of sp³-hybridized carbons (Fsp3) is 0.625. The van der Waals surface area contributed by atoms with Crippen LogP contribution in [0.2, 0.25) is 0 Å². The minimum Gasteiger partial charge on any atom is -0.346 e. The highest BCUT2D eigenvalue weighted by molar-refractivity contribution is 8.02. The van der Waals surface area contributed by atoms with Crippen LogP contribution in [0.5, 0.6) is 0 Å². The average molecular weight is 201 g/mol. The molecule has 0 radical (unpaired) electrons. The summed E-state index contributed by atoms with van der Waals surface area (Å²) in [6.07, 6.45) is 1.20. The maximum absolute atomic E-state index is 11.4. The van der Waals surface area contributed by atoms with E-state index in [0.717, 1.165) is 0 Å². The number of nitrogens with zero attached hydrogens (tertiary/aromatic N) is 1. The first-order valence-corrected chi connectivity index (χ1v) is 5.13. The molecule has 2 atom stereocenters. The summed E-state index contributed by atoms with van der Waals surface area (Å²) in [6, 6.07) is 0. The van der Waals surface area contributed by atoms with Crippen molar-refractivity contribution >= 4 is 17.5 Å². The number of carbonyl (C=O) groups excluding carboxylic acids is 1. The first kappa shape index (κ1) is 9.05. The van der Waals surface area contributed by atoms with Crippen LogP contribution in [-0.2, 0) is 14.3 Å². The molecule has 0 amide bonds. The second-order valence-corrected chi connectivity index (χ2v) is 3.74. The molecule has 5 heteroatoms. The SMILES string of the molecule is CCO[C@H]1O[C@@H]2SC=CN2CC1=O. The summed E-state index contributed by atoms with van der Waals surface area (Å²) in [4.78, 5) is 13.3. The summed E-state index contributed by atoms with van der Waals surface area (Å²) >= 11 is 1.55. The number of fused-ring (bicyclic) bond motifs is 1. The number of carbonyl (C=O) groups is 1. The lowest BCUT2D eigenvalue weighted by Crippen LogP contribution is -2.47. The van der Waals surface area contributed by atoms with E-state index in [9.17, 15) is 4.79 Å². The molecule has 0 saturated carbocycles. The molecule has 2 rings (SSSR count). The minimum absolute atomic E-state index is 0.00903. The molecule has 2 heterocycles. The van der Waals surface area contributed by atoms with Crippen LogP contribution in [0.1, 0.15) is 6.92 Å². The highest BCUT2D eigenvalue weighted by atomic mass is 32.2. The zero-order valence-corrected chi connectivity index (χ0v) is 8.12. The molecule has 0 aromatic rings. The summed E-state index contributed by atoms with van der Waals surface area (Å²) in [5.74, 6) is -0.00903. The van der Waals surface area contributed by atoms with Gasteiger partial charge in [-0.05, 0) is 12.3 Å². The lowest BCUT2D eigenvalue weighted by atomic mass is 10.3. The molecule has 0 bridgehead atoms. The van der Waals surface area contributed by atoms with Crippen LogP contribution in [0, 0.1) is 0 Å². The van der Waals surface area contributed by atoms with Crippen LogP contribution in [0.25, 0.3) is 0 Å². The normalized spacial score (nSPS) is 32.4. The van der Waals surface area contributed by atoms with Crippen molar-refractivity contribution in [3.63, 3.8) is 0 Å². The minimum atomic E-state index is -0.668. The molecule has 2 aliphatic heterocycles. The summed E-state index contributed by atoms with van der Waals surface area (Å²) in [6.45, 7) is 2.74. The van der Waals surface area contributed by atoms with Crippen LogP contribution in [-0.4, -0.2) is 35.7 Å². The van der Waals surface area contributed by atoms with Crippen molar-refractivity contribution in [2.45, 2.75) is 18.8 Å². The number of thioether (sulfide) groups is 1. The Bertz CT molecular complexity index is 244. The highest BCUT2D eigenvalue weighted by Crippen LogP contribution is 2.30. The van der Waals surface area contributed by atoms with Crippen LogP contribution in [0.15, 0.2) is 11.6 Å². The Morgan fingerprint density at radius 3 is 3.46 bits per heavy atom. The second kappa shape index (κ2) is 3.69. The first-order valence-electron chi connectivity index (χ1n) is 4.19. The highest BCUT2D eigenvalue weighted by Gasteiger charge is 2.35. The van der Waals surface area contributed by atoms with Crippen molar-refractivity contribution in [3.05, 3.63) is 11.6 Å². The van der Waals surface area contributed by atoms with E-state index in [1.54, 1.807) is 11.8 Å². The molecule has 0 aromatic carbocycles. The van der Waals surface area contributed by atoms with E-state index in [4.69, 9.17) is 9.47 Å². The molecule has 4 nitrogen and oxygen atoms in total. The van der Waals surface area contributed by atoms with Crippen molar-refractivity contribution in [2.24, 2.45) is 0 Å². The Hall–Kier alpha value is -0.520. The molecule has 0 N–H and O–H groups in total. The van der Waals surface area contributed by atoms with Gasteiger partial charge in [0.2, 0.25) is 12.1 Å². The van der Waals surface area contributed by atoms with E-state index < -0.39 is 6.29 Å². The molecule has 0 unspecified atom stereocenters. The number of ether oxygens (including phenoxy) is 2. The largest absolute Gasteiger partial charge is 0.346 e. The Kier molecular flexibility index (Phi) is 2.57. The third kappa shape index (κ3) is 1.72. The molecule has 1 saturated heterocycles. The van der Waals surface area contributed by atoms with Gasteiger partial charge in [0, 0.05) is 12.8 Å². The maximum atomic E-state index is 11.4. The van der Waals surface area contributed by atoms with Crippen molar-refractivity contribution in [1.82, 2.24) is 4.90 Å². The summed E-state index contributed by atoms with van der Waals surface area (Å²) < 4.78 is 10.6. The summed E-state index contributed by atoms with van der Waals surface area (Å²) in [5, 5.41) is 1.92. The standard InChI is InChI=1S/C8H11NO3S/c1-2-11-7-6(10)5-9-3-4-13-8(9)12-7/h3-4,7-8H,2,5H2,1H3/t7-,8+/m0/s1. The van der Waals surface area contributed by atoms with E-state index in [1.807, 2.05) is 23.4 Å². The lowest BCUT2D eigenvalue weighted by Gasteiger charge is -2.33. The number of hydrogen-bond donors (Lipinski definition) is 0. The topological polar surface area (TPSA) is 38.8 Å². The fourth-order valence-electron chi connectivity index (χ4n) is 1.29. The van der Waals surface area contributed by atoms with E-state index in [1.165, 1.54) is 0 Å². The van der Waals surface area contributed by atoms with E-state index >= 15 is 0 Å². The number of hydrogen-bond acceptors (Lipinski definition) is 5. The molecular weight excluding hydrogens is 190 g/mol. The van der Waals surface area contributed by atoms with Gasteiger partial charge in [-0.25, -0.2) is 0 Å². The molecule has 0 spiro atoms. The van der Waals surface area contributed by atoms with Crippen LogP contribution in [0.4, 0.5) is 0 Å². The van der Waals surface area contributed by atoms with Crippen molar-refractivity contribution in [3.8, 4) is 0 Å². The molecule has 13 heavy (non-hydrogen) atoms. The lowest BCUT2D eigenvalue weighted by molar-refractivity contribution is -0.199. The Balaban J connectivity index is 1.99. The predicted octanol–water partition coefficient (Wildman–Crippen LogP) is 0.752. The Morgan fingerprint density at radius 2 is 2.69 bits per heavy atom. The van der Waals surface area contributed by atoms with Gasteiger partial charge in [-0.15, -0.1) is 0 Å². The second-order valence-electron chi connectivity index (χ2n) is 2.79. The molecule has 1 fully saturated rings. The predicted molar refractivity (Wildman–Crippen MR) is 48.7 cm³/mol. The van der Waals surface area contributed by atoms with Gasteiger partial charge < -0.3 is 14.4 Å². The van der Waals surface area contributed by atoms with E-state index in [2.05, 4.69) is 0 Å². The Morgan fingerprint density at radius 1 is 1.85 bits per heavy atom. The number of rotatable bonds is 2. The zero-order chi connectivity index (χ0) is 9.26. The van der Waals surface area contributed by atoms with Crippen LogP contribution in [0.3, 0.4) is 0 Å². The Labute approximate surface area is 80.9 Å². The van der Waals surface area contributed by atoms with Gasteiger partial charge in [-0.2, -0.15) is 0 Å². The molecule has 2 aliphatic rings. The van der Waals surface area contributed by atoms with E-state index in [0.29, 0.717) is 13.2 Å². The van der Waals surface area contributed by atoms with Gasteiger partial charge in [-0.3, -0.25) is 4.79 Å². The number of ketones is 1. The summed E-state index contributed by atoms with van der Waals surface area (Å²) in [7, 11) is 0. The monoisotopic (exact) mass is 201 g/mol. The van der Waals surface area contributed by atoms with Gasteiger partial charge in [0.05, 0.1) is 6.54 Å². The van der Waals surface area contributed by atoms with Crippen LogP contribution < -0.4 is 0 Å². The third-order valence-corrected chi connectivity index (χ3v) is 2.77. The average Bonchev–Trinajstić information content (AvgIpc) is 2.52. The molecule has 0 aromatic heterocycles.